The van der Waals surface area contributed by atoms with Gasteiger partial charge in [-0.3, -0.25) is 4.79 Å². The first kappa shape index (κ1) is 11.5. The maximum absolute atomic E-state index is 11.6. The zero-order valence-electron chi connectivity index (χ0n) is 8.33. The van der Waals surface area contributed by atoms with Crippen LogP contribution < -0.4 is 0 Å². The normalized spacial score (nSPS) is 23.4. The van der Waals surface area contributed by atoms with E-state index >= 15 is 0 Å². The second kappa shape index (κ2) is 4.77. The lowest BCUT2D eigenvalue weighted by molar-refractivity contribution is -0.150. The topological polar surface area (TPSA) is 46.6 Å². The molecule has 0 aromatic heterocycles. The molecule has 0 N–H and O–H groups in total. The van der Waals surface area contributed by atoms with Crippen molar-refractivity contribution in [2.24, 2.45) is 0 Å². The molecule has 5 heteroatoms. The van der Waals surface area contributed by atoms with Crippen molar-refractivity contribution in [3.63, 3.8) is 0 Å². The number of hydrogen-bond acceptors (Lipinski definition) is 3. The summed E-state index contributed by atoms with van der Waals surface area (Å²) in [6.45, 7) is 2.41. The van der Waals surface area contributed by atoms with E-state index in [1.54, 1.807) is 11.8 Å². The summed E-state index contributed by atoms with van der Waals surface area (Å²) in [5, 5.41) is 0. The molecular formula is C9H14BrNO3. The first-order chi connectivity index (χ1) is 6.57. The van der Waals surface area contributed by atoms with E-state index in [4.69, 9.17) is 0 Å². The Morgan fingerprint density at radius 1 is 1.57 bits per heavy atom. The summed E-state index contributed by atoms with van der Waals surface area (Å²) in [5.74, 6) is -0.359. The number of carbonyl (C=O) groups excluding carboxylic acids is 2. The molecule has 0 radical (unpaired) electrons. The van der Waals surface area contributed by atoms with Gasteiger partial charge in [0.15, 0.2) is 0 Å². The molecule has 2 unspecified atom stereocenters. The van der Waals surface area contributed by atoms with E-state index in [-0.39, 0.29) is 22.7 Å². The van der Waals surface area contributed by atoms with Gasteiger partial charge < -0.3 is 9.64 Å². The van der Waals surface area contributed by atoms with E-state index in [9.17, 15) is 9.59 Å². The Balaban J connectivity index is 2.68. The number of likely N-dealkylation sites (tertiary alicyclic amines) is 1. The Kier molecular flexibility index (Phi) is 3.92. The Bertz CT molecular complexity index is 242. The van der Waals surface area contributed by atoms with Crippen molar-refractivity contribution >= 4 is 27.8 Å². The highest BCUT2D eigenvalue weighted by molar-refractivity contribution is 9.10. The summed E-state index contributed by atoms with van der Waals surface area (Å²) in [4.78, 5) is 24.3. The number of hydrogen-bond donors (Lipinski definition) is 0. The number of alkyl halides is 1. The van der Waals surface area contributed by atoms with Crippen LogP contribution in [0.1, 0.15) is 19.8 Å². The molecule has 1 rings (SSSR count). The Morgan fingerprint density at radius 2 is 2.21 bits per heavy atom. The van der Waals surface area contributed by atoms with Gasteiger partial charge in [-0.15, -0.1) is 0 Å². The molecule has 0 saturated carbocycles. The Hall–Kier alpha value is -0.580. The van der Waals surface area contributed by atoms with Crippen LogP contribution in [-0.4, -0.2) is 41.3 Å². The van der Waals surface area contributed by atoms with Crippen LogP contribution in [0, 0.1) is 0 Å². The van der Waals surface area contributed by atoms with Crippen LogP contribution in [0.2, 0.25) is 0 Å². The van der Waals surface area contributed by atoms with Crippen molar-refractivity contribution in [2.45, 2.75) is 30.6 Å². The van der Waals surface area contributed by atoms with Gasteiger partial charge in [0.1, 0.15) is 6.04 Å². The van der Waals surface area contributed by atoms with Crippen LogP contribution in [0.4, 0.5) is 0 Å². The minimum atomic E-state index is -0.382. The molecule has 0 bridgehead atoms. The smallest absolute Gasteiger partial charge is 0.328 e. The van der Waals surface area contributed by atoms with Gasteiger partial charge in [-0.25, -0.2) is 4.79 Å². The van der Waals surface area contributed by atoms with Crippen molar-refractivity contribution in [3.05, 3.63) is 0 Å². The molecular weight excluding hydrogens is 250 g/mol. The second-order valence-electron chi connectivity index (χ2n) is 3.33. The molecule has 2 atom stereocenters. The summed E-state index contributed by atoms with van der Waals surface area (Å²) in [7, 11) is 1.35. The number of halogens is 1. The molecule has 4 nitrogen and oxygen atoms in total. The van der Waals surface area contributed by atoms with Crippen molar-refractivity contribution < 1.29 is 14.3 Å². The SMILES string of the molecule is COC(=O)C1CCCN1C(=O)C(C)Br. The zero-order chi connectivity index (χ0) is 10.7. The molecule has 1 fully saturated rings. The number of esters is 1. The number of ether oxygens (including phenoxy) is 1. The molecule has 0 aromatic carbocycles. The average molecular weight is 264 g/mol. The van der Waals surface area contributed by atoms with Gasteiger partial charge in [-0.2, -0.15) is 0 Å². The molecule has 1 amide bonds. The molecule has 80 valence electrons. The van der Waals surface area contributed by atoms with Gasteiger partial charge in [-0.05, 0) is 19.8 Å². The third-order valence-corrected chi connectivity index (χ3v) is 2.74. The van der Waals surface area contributed by atoms with E-state index in [0.717, 1.165) is 6.42 Å². The molecule has 0 aliphatic carbocycles. The third-order valence-electron chi connectivity index (χ3n) is 2.35. The quantitative estimate of drug-likeness (QED) is 0.550. The minimum absolute atomic E-state index is 0.0436. The van der Waals surface area contributed by atoms with Gasteiger partial charge in [-0.1, -0.05) is 15.9 Å². The Morgan fingerprint density at radius 3 is 2.71 bits per heavy atom. The number of carbonyl (C=O) groups is 2. The fraction of sp³-hybridized carbons (Fsp3) is 0.778. The lowest BCUT2D eigenvalue weighted by Gasteiger charge is -2.23. The monoisotopic (exact) mass is 263 g/mol. The molecule has 0 aromatic rings. The highest BCUT2D eigenvalue weighted by atomic mass is 79.9. The molecule has 14 heavy (non-hydrogen) atoms. The predicted molar refractivity (Wildman–Crippen MR) is 55.1 cm³/mol. The molecule has 0 spiro atoms. The van der Waals surface area contributed by atoms with Gasteiger partial charge in [0, 0.05) is 6.54 Å². The third kappa shape index (κ3) is 2.26. The van der Waals surface area contributed by atoms with E-state index < -0.39 is 0 Å². The van der Waals surface area contributed by atoms with Crippen LogP contribution in [-0.2, 0) is 14.3 Å². The lowest BCUT2D eigenvalue weighted by atomic mass is 10.2. The summed E-state index contributed by atoms with van der Waals surface area (Å²) in [5.41, 5.74) is 0. The average Bonchev–Trinajstić information content (AvgIpc) is 2.63. The van der Waals surface area contributed by atoms with Crippen molar-refractivity contribution in [2.75, 3.05) is 13.7 Å². The first-order valence-corrected chi connectivity index (χ1v) is 5.52. The summed E-state index contributed by atoms with van der Waals surface area (Å²) < 4.78 is 4.65. The number of methoxy groups -OCH3 is 1. The van der Waals surface area contributed by atoms with Crippen LogP contribution in [0.5, 0.6) is 0 Å². The van der Waals surface area contributed by atoms with Crippen LogP contribution in [0.15, 0.2) is 0 Å². The summed E-state index contributed by atoms with van der Waals surface area (Å²) in [6.07, 6.45) is 1.57. The fourth-order valence-corrected chi connectivity index (χ4v) is 1.90. The van der Waals surface area contributed by atoms with Gasteiger partial charge in [0.25, 0.3) is 0 Å². The second-order valence-corrected chi connectivity index (χ2v) is 4.70. The summed E-state index contributed by atoms with van der Waals surface area (Å²) in [6, 6.07) is -0.382. The Labute approximate surface area is 91.7 Å². The minimum Gasteiger partial charge on any atom is -0.467 e. The van der Waals surface area contributed by atoms with Crippen LogP contribution in [0.3, 0.4) is 0 Å². The predicted octanol–water partition coefficient (Wildman–Crippen LogP) is 0.934. The number of rotatable bonds is 2. The van der Waals surface area contributed by atoms with Crippen molar-refractivity contribution in [3.8, 4) is 0 Å². The fourth-order valence-electron chi connectivity index (χ4n) is 1.64. The molecule has 1 aliphatic heterocycles. The van der Waals surface area contributed by atoms with Gasteiger partial charge in [0.2, 0.25) is 5.91 Å². The maximum atomic E-state index is 11.6. The standard InChI is InChI=1S/C9H14BrNO3/c1-6(10)8(12)11-5-3-4-7(11)9(13)14-2/h6-7H,3-5H2,1-2H3. The highest BCUT2D eigenvalue weighted by Gasteiger charge is 2.35. The van der Waals surface area contributed by atoms with E-state index in [1.165, 1.54) is 7.11 Å². The van der Waals surface area contributed by atoms with E-state index in [0.29, 0.717) is 13.0 Å². The molecule has 1 heterocycles. The van der Waals surface area contributed by atoms with Gasteiger partial charge in [0.05, 0.1) is 11.9 Å². The van der Waals surface area contributed by atoms with Crippen molar-refractivity contribution in [1.29, 1.82) is 0 Å². The number of amides is 1. The highest BCUT2D eigenvalue weighted by Crippen LogP contribution is 2.20. The lowest BCUT2D eigenvalue weighted by Crippen LogP contribution is -2.43. The maximum Gasteiger partial charge on any atom is 0.328 e. The summed E-state index contributed by atoms with van der Waals surface area (Å²) >= 11 is 3.21. The van der Waals surface area contributed by atoms with Crippen molar-refractivity contribution in [1.82, 2.24) is 4.90 Å². The van der Waals surface area contributed by atoms with Gasteiger partial charge >= 0.3 is 5.97 Å². The molecule has 1 aliphatic rings. The molecule has 1 saturated heterocycles. The van der Waals surface area contributed by atoms with Crippen LogP contribution in [0.25, 0.3) is 0 Å². The van der Waals surface area contributed by atoms with E-state index in [2.05, 4.69) is 20.7 Å². The van der Waals surface area contributed by atoms with Crippen LogP contribution >= 0.6 is 15.9 Å². The zero-order valence-corrected chi connectivity index (χ0v) is 9.91. The van der Waals surface area contributed by atoms with E-state index in [1.807, 2.05) is 0 Å². The largest absolute Gasteiger partial charge is 0.467 e. The first-order valence-electron chi connectivity index (χ1n) is 4.60. The number of nitrogens with zero attached hydrogens (tertiary/aromatic N) is 1.